The van der Waals surface area contributed by atoms with Gasteiger partial charge in [0.25, 0.3) is 5.91 Å². The van der Waals surface area contributed by atoms with Crippen molar-refractivity contribution in [3.8, 4) is 16.9 Å². The van der Waals surface area contributed by atoms with E-state index in [0.717, 1.165) is 22.5 Å². The number of nitrogens with zero attached hydrogens (tertiary/aromatic N) is 4. The molecule has 4 aromatic rings. The molecule has 0 N–H and O–H groups in total. The molecular weight excluding hydrogens is 348 g/mol. The second-order valence-electron chi connectivity index (χ2n) is 6.82. The number of para-hydroxylation sites is 1. The van der Waals surface area contributed by atoms with Gasteiger partial charge in [0.15, 0.2) is 0 Å². The van der Waals surface area contributed by atoms with Gasteiger partial charge in [0.05, 0.1) is 11.9 Å². The summed E-state index contributed by atoms with van der Waals surface area (Å²) in [5.41, 5.74) is 4.76. The van der Waals surface area contributed by atoms with Gasteiger partial charge >= 0.3 is 0 Å². The van der Waals surface area contributed by atoms with E-state index in [1.165, 1.54) is 0 Å². The first-order valence-electron chi connectivity index (χ1n) is 9.19. The van der Waals surface area contributed by atoms with Gasteiger partial charge in [-0.2, -0.15) is 5.10 Å². The molecule has 2 aromatic heterocycles. The SMILES string of the molecule is CN(Cc1cnn(-c2ccccc2)c1)C(=O)c1ccc(-c2ccccc2)n1C. The Hall–Kier alpha value is -3.60. The Balaban J connectivity index is 1.50. The van der Waals surface area contributed by atoms with Crippen molar-refractivity contribution in [2.24, 2.45) is 7.05 Å². The monoisotopic (exact) mass is 370 g/mol. The van der Waals surface area contributed by atoms with Crippen LogP contribution < -0.4 is 0 Å². The summed E-state index contributed by atoms with van der Waals surface area (Å²) in [6.45, 7) is 0.498. The molecule has 0 saturated heterocycles. The number of aromatic nitrogens is 3. The highest BCUT2D eigenvalue weighted by atomic mass is 16.2. The van der Waals surface area contributed by atoms with Crippen molar-refractivity contribution in [1.82, 2.24) is 19.2 Å². The van der Waals surface area contributed by atoms with Gasteiger partial charge in [-0.3, -0.25) is 4.79 Å². The van der Waals surface area contributed by atoms with Crippen LogP contribution in [0.5, 0.6) is 0 Å². The van der Waals surface area contributed by atoms with Gasteiger partial charge < -0.3 is 9.47 Å². The summed E-state index contributed by atoms with van der Waals surface area (Å²) in [5, 5.41) is 4.41. The van der Waals surface area contributed by atoms with Gasteiger partial charge in [-0.15, -0.1) is 0 Å². The second kappa shape index (κ2) is 7.56. The lowest BCUT2D eigenvalue weighted by Gasteiger charge is -2.17. The summed E-state index contributed by atoms with van der Waals surface area (Å²) in [6, 6.07) is 23.9. The van der Waals surface area contributed by atoms with Gasteiger partial charge in [-0.05, 0) is 29.8 Å². The molecule has 0 aliphatic heterocycles. The minimum atomic E-state index is -0.0165. The fourth-order valence-corrected chi connectivity index (χ4v) is 3.33. The number of hydrogen-bond acceptors (Lipinski definition) is 2. The number of amides is 1. The van der Waals surface area contributed by atoms with E-state index in [2.05, 4.69) is 5.10 Å². The van der Waals surface area contributed by atoms with Crippen LogP contribution in [0.25, 0.3) is 16.9 Å². The maximum absolute atomic E-state index is 13.0. The first kappa shape index (κ1) is 17.8. The van der Waals surface area contributed by atoms with Crippen LogP contribution in [-0.4, -0.2) is 32.2 Å². The summed E-state index contributed by atoms with van der Waals surface area (Å²) in [7, 11) is 3.74. The summed E-state index contributed by atoms with van der Waals surface area (Å²) >= 11 is 0. The molecule has 0 aliphatic carbocycles. The van der Waals surface area contributed by atoms with Crippen molar-refractivity contribution < 1.29 is 4.79 Å². The number of rotatable bonds is 5. The molecular formula is C23H22N4O. The van der Waals surface area contributed by atoms with E-state index >= 15 is 0 Å². The minimum Gasteiger partial charge on any atom is -0.340 e. The predicted molar refractivity (Wildman–Crippen MR) is 110 cm³/mol. The molecule has 0 unspecified atom stereocenters. The van der Waals surface area contributed by atoms with Gasteiger partial charge in [-0.1, -0.05) is 48.5 Å². The van der Waals surface area contributed by atoms with Crippen LogP contribution in [0.1, 0.15) is 16.1 Å². The van der Waals surface area contributed by atoms with Crippen LogP contribution in [0, 0.1) is 0 Å². The molecule has 0 spiro atoms. The third-order valence-corrected chi connectivity index (χ3v) is 4.83. The fraction of sp³-hybridized carbons (Fsp3) is 0.130. The molecule has 4 rings (SSSR count). The van der Waals surface area contributed by atoms with Gasteiger partial charge in [0, 0.05) is 38.1 Å². The Labute approximate surface area is 164 Å². The number of benzene rings is 2. The third-order valence-electron chi connectivity index (χ3n) is 4.83. The molecule has 0 saturated carbocycles. The molecule has 5 nitrogen and oxygen atoms in total. The van der Waals surface area contributed by atoms with E-state index in [9.17, 15) is 4.79 Å². The van der Waals surface area contributed by atoms with Crippen LogP contribution in [0.4, 0.5) is 0 Å². The number of carbonyl (C=O) groups excluding carboxylic acids is 1. The Morgan fingerprint density at radius 1 is 0.964 bits per heavy atom. The highest BCUT2D eigenvalue weighted by Crippen LogP contribution is 2.22. The number of carbonyl (C=O) groups is 1. The molecule has 0 bridgehead atoms. The van der Waals surface area contributed by atoms with E-state index in [4.69, 9.17) is 0 Å². The molecule has 1 amide bonds. The summed E-state index contributed by atoms with van der Waals surface area (Å²) in [4.78, 5) is 14.7. The van der Waals surface area contributed by atoms with Crippen LogP contribution in [-0.2, 0) is 13.6 Å². The average Bonchev–Trinajstić information content (AvgIpc) is 3.35. The maximum atomic E-state index is 13.0. The largest absolute Gasteiger partial charge is 0.340 e. The molecule has 0 aliphatic rings. The Bertz CT molecular complexity index is 1080. The highest BCUT2D eigenvalue weighted by Gasteiger charge is 2.18. The molecule has 2 heterocycles. The minimum absolute atomic E-state index is 0.0165. The molecule has 0 radical (unpaired) electrons. The molecule has 2 aromatic carbocycles. The number of hydrogen-bond donors (Lipinski definition) is 0. The topological polar surface area (TPSA) is 43.1 Å². The summed E-state index contributed by atoms with van der Waals surface area (Å²) < 4.78 is 3.77. The lowest BCUT2D eigenvalue weighted by atomic mass is 10.2. The van der Waals surface area contributed by atoms with E-state index in [1.54, 1.807) is 11.1 Å². The van der Waals surface area contributed by atoms with Crippen molar-refractivity contribution in [1.29, 1.82) is 0 Å². The van der Waals surface area contributed by atoms with Gasteiger partial charge in [-0.25, -0.2) is 4.68 Å². The first-order chi connectivity index (χ1) is 13.6. The van der Waals surface area contributed by atoms with E-state index < -0.39 is 0 Å². The zero-order chi connectivity index (χ0) is 19.5. The second-order valence-corrected chi connectivity index (χ2v) is 6.82. The Kier molecular flexibility index (Phi) is 4.81. The first-order valence-corrected chi connectivity index (χ1v) is 9.19. The summed E-state index contributed by atoms with van der Waals surface area (Å²) in [5.74, 6) is -0.0165. The molecule has 5 heteroatoms. The highest BCUT2D eigenvalue weighted by molar-refractivity contribution is 5.93. The average molecular weight is 370 g/mol. The van der Waals surface area contributed by atoms with Crippen LogP contribution in [0.15, 0.2) is 85.2 Å². The van der Waals surface area contributed by atoms with Crippen LogP contribution >= 0.6 is 0 Å². The van der Waals surface area contributed by atoms with Crippen molar-refractivity contribution >= 4 is 5.91 Å². The third kappa shape index (κ3) is 3.47. The van der Waals surface area contributed by atoms with Crippen LogP contribution in [0.3, 0.4) is 0 Å². The predicted octanol–water partition coefficient (Wildman–Crippen LogP) is 4.15. The standard InChI is InChI=1S/C23H22N4O/c1-25(16-18-15-24-27(17-18)20-11-7-4-8-12-20)23(28)22-14-13-21(26(22)2)19-9-5-3-6-10-19/h3-15,17H,16H2,1-2H3. The smallest absolute Gasteiger partial charge is 0.270 e. The lowest BCUT2D eigenvalue weighted by Crippen LogP contribution is -2.27. The maximum Gasteiger partial charge on any atom is 0.270 e. The van der Waals surface area contributed by atoms with Crippen molar-refractivity contribution in [2.75, 3.05) is 7.05 Å². The van der Waals surface area contributed by atoms with Gasteiger partial charge in [0.2, 0.25) is 0 Å². The van der Waals surface area contributed by atoms with E-state index in [0.29, 0.717) is 12.2 Å². The van der Waals surface area contributed by atoms with Crippen molar-refractivity contribution in [3.05, 3.63) is 96.4 Å². The Morgan fingerprint density at radius 2 is 1.64 bits per heavy atom. The van der Waals surface area contributed by atoms with Crippen LogP contribution in [0.2, 0.25) is 0 Å². The normalized spacial score (nSPS) is 10.8. The lowest BCUT2D eigenvalue weighted by molar-refractivity contribution is 0.0776. The zero-order valence-electron chi connectivity index (χ0n) is 16.0. The zero-order valence-corrected chi connectivity index (χ0v) is 16.0. The van der Waals surface area contributed by atoms with Gasteiger partial charge in [0.1, 0.15) is 5.69 Å². The summed E-state index contributed by atoms with van der Waals surface area (Å²) in [6.07, 6.45) is 3.76. The van der Waals surface area contributed by atoms with Crippen molar-refractivity contribution in [3.63, 3.8) is 0 Å². The quantitative estimate of drug-likeness (QED) is 0.530. The van der Waals surface area contributed by atoms with E-state index in [1.807, 2.05) is 102 Å². The Morgan fingerprint density at radius 3 is 2.36 bits per heavy atom. The molecule has 0 fully saturated rings. The molecule has 28 heavy (non-hydrogen) atoms. The fourth-order valence-electron chi connectivity index (χ4n) is 3.33. The van der Waals surface area contributed by atoms with E-state index in [-0.39, 0.29) is 5.91 Å². The molecule has 140 valence electrons. The molecule has 0 atom stereocenters. The van der Waals surface area contributed by atoms with Crippen molar-refractivity contribution in [2.45, 2.75) is 6.54 Å².